The van der Waals surface area contributed by atoms with Gasteiger partial charge in [-0.15, -0.1) is 0 Å². The molecule has 17 nitrogen and oxygen atoms in total. The molecular formula is C84H164O17P2. The maximum absolute atomic E-state index is 13.1. The van der Waals surface area contributed by atoms with E-state index in [1.54, 1.807) is 0 Å². The van der Waals surface area contributed by atoms with Crippen molar-refractivity contribution in [2.45, 2.75) is 464 Å². The van der Waals surface area contributed by atoms with Crippen LogP contribution in [0.25, 0.3) is 0 Å². The molecule has 0 saturated carbocycles. The summed E-state index contributed by atoms with van der Waals surface area (Å²) in [7, 11) is -9.92. The van der Waals surface area contributed by atoms with Crippen molar-refractivity contribution in [1.29, 1.82) is 0 Å². The van der Waals surface area contributed by atoms with Crippen LogP contribution in [0.5, 0.6) is 0 Å². The van der Waals surface area contributed by atoms with E-state index < -0.39 is 97.5 Å². The second-order valence-electron chi connectivity index (χ2n) is 30.9. The molecule has 0 fully saturated rings. The maximum atomic E-state index is 13.1. The van der Waals surface area contributed by atoms with E-state index in [1.165, 1.54) is 263 Å². The third-order valence-electron chi connectivity index (χ3n) is 20.1. The van der Waals surface area contributed by atoms with Crippen LogP contribution in [0.3, 0.4) is 0 Å². The molecule has 0 aliphatic rings. The molecule has 6 atom stereocenters. The van der Waals surface area contributed by atoms with E-state index >= 15 is 0 Å². The lowest BCUT2D eigenvalue weighted by Crippen LogP contribution is -2.30. The van der Waals surface area contributed by atoms with E-state index in [-0.39, 0.29) is 25.7 Å². The fourth-order valence-electron chi connectivity index (χ4n) is 13.0. The Labute approximate surface area is 632 Å². The van der Waals surface area contributed by atoms with Crippen LogP contribution in [0.2, 0.25) is 0 Å². The van der Waals surface area contributed by atoms with Gasteiger partial charge >= 0.3 is 39.5 Å². The minimum absolute atomic E-state index is 0.106. The number of esters is 4. The van der Waals surface area contributed by atoms with Crippen molar-refractivity contribution < 1.29 is 80.2 Å². The highest BCUT2D eigenvalue weighted by Gasteiger charge is 2.30. The smallest absolute Gasteiger partial charge is 0.462 e. The molecule has 0 aromatic rings. The zero-order valence-corrected chi connectivity index (χ0v) is 69.4. The Hall–Kier alpha value is -1.94. The molecule has 0 aromatic carbocycles. The van der Waals surface area contributed by atoms with Crippen LogP contribution in [0.15, 0.2) is 0 Å². The monoisotopic (exact) mass is 1510 g/mol. The largest absolute Gasteiger partial charge is 0.472 e. The Morgan fingerprint density at radius 2 is 0.495 bits per heavy atom. The minimum Gasteiger partial charge on any atom is -0.462 e. The van der Waals surface area contributed by atoms with E-state index in [0.29, 0.717) is 25.7 Å². The number of hydrogen-bond acceptors (Lipinski definition) is 15. The topological polar surface area (TPSA) is 237 Å². The molecule has 0 radical (unpaired) electrons. The van der Waals surface area contributed by atoms with Gasteiger partial charge in [-0.05, 0) is 37.5 Å². The minimum atomic E-state index is -4.96. The van der Waals surface area contributed by atoms with Crippen molar-refractivity contribution in [3.05, 3.63) is 0 Å². The molecule has 3 N–H and O–H groups in total. The summed E-state index contributed by atoms with van der Waals surface area (Å²) in [5.74, 6) is -0.530. The first-order valence-corrected chi connectivity index (χ1v) is 46.5. The summed E-state index contributed by atoms with van der Waals surface area (Å²) in [4.78, 5) is 73.1. The van der Waals surface area contributed by atoms with Crippen molar-refractivity contribution in [3.8, 4) is 0 Å². The molecule has 19 heteroatoms. The van der Waals surface area contributed by atoms with E-state index in [4.69, 9.17) is 37.0 Å². The van der Waals surface area contributed by atoms with Gasteiger partial charge in [0.25, 0.3) is 0 Å². The molecule has 0 bridgehead atoms. The third kappa shape index (κ3) is 76.6. The fraction of sp³-hybridized carbons (Fsp3) is 0.952. The Bertz CT molecular complexity index is 1980. The Kier molecular flexibility index (Phi) is 74.1. The van der Waals surface area contributed by atoms with Gasteiger partial charge in [-0.25, -0.2) is 9.13 Å². The highest BCUT2D eigenvalue weighted by Crippen LogP contribution is 2.45. The van der Waals surface area contributed by atoms with Crippen molar-refractivity contribution in [2.24, 2.45) is 11.8 Å². The Balaban J connectivity index is 5.23. The Morgan fingerprint density at radius 1 is 0.282 bits per heavy atom. The number of carbonyl (C=O) groups is 4. The summed E-state index contributed by atoms with van der Waals surface area (Å²) in [5.41, 5.74) is 0. The van der Waals surface area contributed by atoms with Crippen LogP contribution in [-0.4, -0.2) is 96.7 Å². The normalized spacial score (nSPS) is 14.1. The molecule has 612 valence electrons. The molecule has 0 aromatic heterocycles. The summed E-state index contributed by atoms with van der Waals surface area (Å²) in [6.07, 6.45) is 66.6. The van der Waals surface area contributed by atoms with E-state index in [1.807, 2.05) is 0 Å². The number of ether oxygens (including phenoxy) is 4. The van der Waals surface area contributed by atoms with Gasteiger partial charge < -0.3 is 33.8 Å². The summed E-state index contributed by atoms with van der Waals surface area (Å²) in [6.45, 7) is 9.68. The summed E-state index contributed by atoms with van der Waals surface area (Å²) in [6, 6.07) is 0. The summed E-state index contributed by atoms with van der Waals surface area (Å²) >= 11 is 0. The highest BCUT2D eigenvalue weighted by molar-refractivity contribution is 7.47. The van der Waals surface area contributed by atoms with E-state index in [2.05, 4.69) is 41.5 Å². The van der Waals surface area contributed by atoms with Crippen LogP contribution in [0.4, 0.5) is 0 Å². The first-order chi connectivity index (χ1) is 49.9. The summed E-state index contributed by atoms with van der Waals surface area (Å²) < 4.78 is 68.8. The van der Waals surface area contributed by atoms with Crippen LogP contribution in [-0.2, 0) is 65.4 Å². The predicted octanol–water partition coefficient (Wildman–Crippen LogP) is 25.5. The van der Waals surface area contributed by atoms with Crippen LogP contribution in [0.1, 0.15) is 446 Å². The lowest BCUT2D eigenvalue weighted by atomic mass is 9.99. The predicted molar refractivity (Wildman–Crippen MR) is 423 cm³/mol. The number of aliphatic hydroxyl groups is 1. The first-order valence-electron chi connectivity index (χ1n) is 43.5. The van der Waals surface area contributed by atoms with Gasteiger partial charge in [0.1, 0.15) is 19.3 Å². The second-order valence-corrected chi connectivity index (χ2v) is 33.8. The Morgan fingerprint density at radius 3 is 0.738 bits per heavy atom. The van der Waals surface area contributed by atoms with Crippen LogP contribution >= 0.6 is 15.6 Å². The van der Waals surface area contributed by atoms with E-state index in [9.17, 15) is 43.2 Å². The van der Waals surface area contributed by atoms with Crippen molar-refractivity contribution in [3.63, 3.8) is 0 Å². The van der Waals surface area contributed by atoms with Crippen LogP contribution < -0.4 is 0 Å². The highest BCUT2D eigenvalue weighted by atomic mass is 31.2. The lowest BCUT2D eigenvalue weighted by molar-refractivity contribution is -0.161. The standard InChI is InChI=1S/C84H164O17P2/c1-7-10-12-14-16-18-20-22-23-24-25-26-27-28-31-35-39-43-50-56-62-68-83(88)100-79(72-94-82(87)67-61-55-49-42-38-34-32-29-30-33-36-40-46-52-58-64-76(4)5)74-98-102(90,91)96-70-78(85)71-97-103(92,93)99-75-80(101-84(89)69-63-57-51-45-44-47-53-59-65-77(6)9-3)73-95-81(86)66-60-54-48-41-37-21-19-17-15-13-11-8-2/h76-80,85H,7-75H2,1-6H3,(H,90,91)(H,92,93)/t77?,78-,79-,80-/m1/s1. The quantitative estimate of drug-likeness (QED) is 0.0222. The molecule has 3 unspecified atom stereocenters. The van der Waals surface area contributed by atoms with Gasteiger partial charge in [-0.2, -0.15) is 0 Å². The van der Waals surface area contributed by atoms with Gasteiger partial charge in [-0.3, -0.25) is 37.3 Å². The lowest BCUT2D eigenvalue weighted by Gasteiger charge is -2.21. The first kappa shape index (κ1) is 101. The number of phosphoric acid groups is 2. The second kappa shape index (κ2) is 75.5. The number of carbonyl (C=O) groups excluding carboxylic acids is 4. The van der Waals surface area contributed by atoms with Crippen LogP contribution in [0, 0.1) is 11.8 Å². The molecule has 0 amide bonds. The molecule has 0 aliphatic carbocycles. The van der Waals surface area contributed by atoms with Crippen molar-refractivity contribution in [2.75, 3.05) is 39.6 Å². The zero-order chi connectivity index (χ0) is 75.6. The molecule has 0 aliphatic heterocycles. The van der Waals surface area contributed by atoms with Gasteiger partial charge in [0.15, 0.2) is 12.2 Å². The van der Waals surface area contributed by atoms with Crippen molar-refractivity contribution in [1.82, 2.24) is 0 Å². The average molecular weight is 1510 g/mol. The number of aliphatic hydroxyl groups excluding tert-OH is 1. The van der Waals surface area contributed by atoms with E-state index in [0.717, 1.165) is 102 Å². The van der Waals surface area contributed by atoms with Gasteiger partial charge in [0, 0.05) is 25.7 Å². The molecular weight excluding hydrogens is 1340 g/mol. The number of rotatable bonds is 83. The zero-order valence-electron chi connectivity index (χ0n) is 67.6. The number of unbranched alkanes of at least 4 members (excludes halogenated alkanes) is 52. The molecule has 0 heterocycles. The number of phosphoric ester groups is 2. The van der Waals surface area contributed by atoms with Crippen molar-refractivity contribution >= 4 is 39.5 Å². The van der Waals surface area contributed by atoms with Gasteiger partial charge in [0.2, 0.25) is 0 Å². The molecule has 0 rings (SSSR count). The SMILES string of the molecule is CCCCCCCCCCCCCCCCCCCCCCCC(=O)O[C@H](COC(=O)CCCCCCCCCCCCCCCCCC(C)C)COP(=O)(O)OC[C@@H](O)COP(=O)(O)OC[C@@H](COC(=O)CCCCCCCCCCCCCC)OC(=O)CCCCCCCCCCC(C)CC. The summed E-state index contributed by atoms with van der Waals surface area (Å²) in [5, 5.41) is 10.7. The van der Waals surface area contributed by atoms with Gasteiger partial charge in [-0.1, -0.05) is 395 Å². The third-order valence-corrected chi connectivity index (χ3v) is 22.0. The molecule has 0 spiro atoms. The van der Waals surface area contributed by atoms with Gasteiger partial charge in [0.05, 0.1) is 26.4 Å². The maximum Gasteiger partial charge on any atom is 0.472 e. The molecule has 0 saturated heterocycles. The number of hydrogen-bond donors (Lipinski definition) is 3. The molecule has 103 heavy (non-hydrogen) atoms. The average Bonchev–Trinajstić information content (AvgIpc) is 0.917. The fourth-order valence-corrected chi connectivity index (χ4v) is 14.6.